The molecule has 7 heteroatoms. The molecule has 1 fully saturated rings. The van der Waals surface area contributed by atoms with Crippen LogP contribution in [0.15, 0.2) is 53.4 Å². The highest BCUT2D eigenvalue weighted by molar-refractivity contribution is 6.30. The van der Waals surface area contributed by atoms with Crippen LogP contribution < -0.4 is 0 Å². The smallest absolute Gasteiger partial charge is 0.206 e. The van der Waals surface area contributed by atoms with Gasteiger partial charge in [-0.15, -0.1) is 0 Å². The summed E-state index contributed by atoms with van der Waals surface area (Å²) in [5.74, 6) is -2.23. The van der Waals surface area contributed by atoms with Gasteiger partial charge in [-0.2, -0.15) is 13.2 Å². The Labute approximate surface area is 196 Å². The molecule has 0 aliphatic heterocycles. The molecule has 1 aliphatic rings. The van der Waals surface area contributed by atoms with Crippen molar-refractivity contribution in [2.45, 2.75) is 70.9 Å². The van der Waals surface area contributed by atoms with Crippen molar-refractivity contribution >= 4 is 17.2 Å². The maximum Gasteiger partial charge on any atom is 0.409 e. The quantitative estimate of drug-likeness (QED) is 0.251. The summed E-state index contributed by atoms with van der Waals surface area (Å²) in [5.41, 5.74) is -0.845. The summed E-state index contributed by atoms with van der Waals surface area (Å²) in [7, 11) is 0. The zero-order valence-corrected chi connectivity index (χ0v) is 19.6. The van der Waals surface area contributed by atoms with E-state index < -0.39 is 34.8 Å². The SMILES string of the molecule is C=C(/C=C(/F)C(/C=C/C(F)(F)F)=C(C)Cl)c1c(F)cc(C2CCC(CCCC)CC2)cc1F. The molecule has 1 saturated carbocycles. The molecule has 0 bridgehead atoms. The van der Waals surface area contributed by atoms with Gasteiger partial charge in [-0.25, -0.2) is 13.2 Å². The predicted octanol–water partition coefficient (Wildman–Crippen LogP) is 9.93. The average molecular weight is 491 g/mol. The van der Waals surface area contributed by atoms with Gasteiger partial charge in [-0.05, 0) is 79.9 Å². The first kappa shape index (κ1) is 27.3. The minimum atomic E-state index is -4.67. The van der Waals surface area contributed by atoms with Crippen molar-refractivity contribution in [2.75, 3.05) is 0 Å². The van der Waals surface area contributed by atoms with Crippen LogP contribution in [0.5, 0.6) is 0 Å². The Morgan fingerprint density at radius 1 is 1.12 bits per heavy atom. The maximum atomic E-state index is 14.8. The van der Waals surface area contributed by atoms with Gasteiger partial charge in [0, 0.05) is 16.7 Å². The number of rotatable bonds is 8. The molecule has 0 saturated heterocycles. The Morgan fingerprint density at radius 3 is 2.18 bits per heavy atom. The fourth-order valence-electron chi connectivity index (χ4n) is 4.25. The fourth-order valence-corrected chi connectivity index (χ4v) is 4.41. The molecule has 0 amide bonds. The minimum absolute atomic E-state index is 0.0578. The summed E-state index contributed by atoms with van der Waals surface area (Å²) in [6, 6.07) is 2.50. The predicted molar refractivity (Wildman–Crippen MR) is 123 cm³/mol. The Hall–Kier alpha value is -1.95. The van der Waals surface area contributed by atoms with Gasteiger partial charge in [0.15, 0.2) is 0 Å². The standard InChI is InChI=1S/C26H29ClF6/c1-4-5-6-18-7-9-19(10-8-18)20-14-23(29)25(24(30)15-20)16(2)13-22(28)21(17(3)27)11-12-26(31,32)33/h11-15,18-19H,2,4-10H2,1,3H3/b12-11+,21-17?,22-13+. The van der Waals surface area contributed by atoms with E-state index >= 15 is 0 Å². The van der Waals surface area contributed by atoms with Crippen LogP contribution in [-0.4, -0.2) is 6.18 Å². The number of unbranched alkanes of at least 4 members (excludes halogenated alkanes) is 1. The second kappa shape index (κ2) is 12.0. The van der Waals surface area contributed by atoms with Crippen LogP contribution in [0.3, 0.4) is 0 Å². The Balaban J connectivity index is 2.21. The highest BCUT2D eigenvalue weighted by Gasteiger charge is 2.25. The third kappa shape index (κ3) is 8.09. The van der Waals surface area contributed by atoms with E-state index in [1.165, 1.54) is 31.9 Å². The zero-order chi connectivity index (χ0) is 24.8. The molecule has 0 nitrogen and oxygen atoms in total. The van der Waals surface area contributed by atoms with E-state index in [0.29, 0.717) is 23.6 Å². The van der Waals surface area contributed by atoms with Crippen LogP contribution >= 0.6 is 11.6 Å². The molecule has 0 N–H and O–H groups in total. The van der Waals surface area contributed by atoms with E-state index in [0.717, 1.165) is 32.1 Å². The van der Waals surface area contributed by atoms with Gasteiger partial charge < -0.3 is 0 Å². The van der Waals surface area contributed by atoms with Gasteiger partial charge in [-0.3, -0.25) is 0 Å². The fraction of sp³-hybridized carbons (Fsp3) is 0.462. The first-order valence-electron chi connectivity index (χ1n) is 11.1. The Bertz CT molecular complexity index is 904. The lowest BCUT2D eigenvalue weighted by atomic mass is 9.77. The lowest BCUT2D eigenvalue weighted by Crippen LogP contribution is -2.14. The van der Waals surface area contributed by atoms with Crippen molar-refractivity contribution in [1.82, 2.24) is 0 Å². The maximum absolute atomic E-state index is 14.8. The summed E-state index contributed by atoms with van der Waals surface area (Å²) in [6.07, 6.45) is 3.59. The van der Waals surface area contributed by atoms with Crippen LogP contribution in [0.1, 0.15) is 75.8 Å². The third-order valence-electron chi connectivity index (χ3n) is 6.04. The van der Waals surface area contributed by atoms with Gasteiger partial charge >= 0.3 is 6.18 Å². The minimum Gasteiger partial charge on any atom is -0.206 e. The third-order valence-corrected chi connectivity index (χ3v) is 6.24. The van der Waals surface area contributed by atoms with Crippen molar-refractivity contribution in [3.8, 4) is 0 Å². The molecule has 0 spiro atoms. The van der Waals surface area contributed by atoms with Crippen molar-refractivity contribution in [3.05, 3.63) is 76.1 Å². The number of alkyl halides is 3. The van der Waals surface area contributed by atoms with E-state index in [9.17, 15) is 26.3 Å². The molecule has 0 unspecified atom stereocenters. The second-order valence-electron chi connectivity index (χ2n) is 8.56. The summed E-state index contributed by atoms with van der Waals surface area (Å²) in [6.45, 7) is 6.87. The summed E-state index contributed by atoms with van der Waals surface area (Å²) in [4.78, 5) is 0. The van der Waals surface area contributed by atoms with Crippen molar-refractivity contribution in [1.29, 1.82) is 0 Å². The van der Waals surface area contributed by atoms with Crippen LogP contribution in [0.4, 0.5) is 26.3 Å². The largest absolute Gasteiger partial charge is 0.409 e. The van der Waals surface area contributed by atoms with Crippen LogP contribution in [-0.2, 0) is 0 Å². The molecule has 1 aliphatic carbocycles. The molecule has 2 rings (SSSR count). The summed E-state index contributed by atoms with van der Waals surface area (Å²) >= 11 is 5.71. The van der Waals surface area contributed by atoms with Crippen molar-refractivity contribution < 1.29 is 26.3 Å². The monoisotopic (exact) mass is 490 g/mol. The number of hydrogen-bond donors (Lipinski definition) is 0. The molecule has 33 heavy (non-hydrogen) atoms. The molecule has 0 aromatic heterocycles. The molecule has 1 aromatic carbocycles. The van der Waals surface area contributed by atoms with Crippen LogP contribution in [0.25, 0.3) is 5.57 Å². The molecular formula is C26H29ClF6. The number of hydrogen-bond acceptors (Lipinski definition) is 0. The van der Waals surface area contributed by atoms with E-state index in [4.69, 9.17) is 11.6 Å². The van der Waals surface area contributed by atoms with E-state index in [-0.39, 0.29) is 22.6 Å². The van der Waals surface area contributed by atoms with Crippen LogP contribution in [0, 0.1) is 17.6 Å². The van der Waals surface area contributed by atoms with Gasteiger partial charge in [0.1, 0.15) is 17.5 Å². The molecule has 182 valence electrons. The molecule has 1 aromatic rings. The van der Waals surface area contributed by atoms with Gasteiger partial charge in [0.2, 0.25) is 0 Å². The highest BCUT2D eigenvalue weighted by atomic mass is 35.5. The molecular weight excluding hydrogens is 462 g/mol. The molecule has 0 heterocycles. The molecule has 0 radical (unpaired) electrons. The highest BCUT2D eigenvalue weighted by Crippen LogP contribution is 2.39. The Morgan fingerprint density at radius 2 is 1.70 bits per heavy atom. The zero-order valence-electron chi connectivity index (χ0n) is 18.8. The average Bonchev–Trinajstić information content (AvgIpc) is 2.71. The normalized spacial score (nSPS) is 20.8. The van der Waals surface area contributed by atoms with Gasteiger partial charge in [0.25, 0.3) is 0 Å². The number of benzene rings is 1. The number of allylic oxidation sites excluding steroid dienone is 7. The first-order valence-corrected chi connectivity index (χ1v) is 11.5. The Kier molecular flexibility index (Phi) is 9.89. The number of halogens is 7. The second-order valence-corrected chi connectivity index (χ2v) is 9.13. The lowest BCUT2D eigenvalue weighted by Gasteiger charge is -2.29. The lowest BCUT2D eigenvalue weighted by molar-refractivity contribution is -0.0798. The van der Waals surface area contributed by atoms with E-state index in [1.54, 1.807) is 0 Å². The van der Waals surface area contributed by atoms with Crippen molar-refractivity contribution in [2.24, 2.45) is 5.92 Å². The topological polar surface area (TPSA) is 0 Å². The first-order chi connectivity index (χ1) is 15.4. The van der Waals surface area contributed by atoms with Crippen LogP contribution in [0.2, 0.25) is 0 Å². The van der Waals surface area contributed by atoms with E-state index in [1.807, 2.05) is 0 Å². The van der Waals surface area contributed by atoms with Gasteiger partial charge in [0.05, 0.1) is 5.56 Å². The summed E-state index contributed by atoms with van der Waals surface area (Å²) in [5, 5.41) is -0.247. The van der Waals surface area contributed by atoms with Gasteiger partial charge in [-0.1, -0.05) is 44.4 Å². The molecule has 0 atom stereocenters. The van der Waals surface area contributed by atoms with E-state index in [2.05, 4.69) is 13.5 Å². The summed E-state index contributed by atoms with van der Waals surface area (Å²) < 4.78 is 81.5. The van der Waals surface area contributed by atoms with Crippen molar-refractivity contribution in [3.63, 3.8) is 0 Å².